The summed E-state index contributed by atoms with van der Waals surface area (Å²) in [6, 6.07) is 172. The van der Waals surface area contributed by atoms with E-state index in [1.54, 1.807) is 0 Å². The van der Waals surface area contributed by atoms with Crippen molar-refractivity contribution in [2.45, 2.75) is 27.7 Å². The van der Waals surface area contributed by atoms with E-state index in [1.807, 2.05) is 24.3 Å². The minimum Gasteiger partial charge on any atom is -0.456 e. The zero-order valence-electron chi connectivity index (χ0n) is 76.2. The number of aromatic nitrogens is 5. The van der Waals surface area contributed by atoms with Crippen LogP contribution in [0.15, 0.2) is 488 Å². The van der Waals surface area contributed by atoms with Crippen molar-refractivity contribution in [3.8, 4) is 84.1 Å². The Labute approximate surface area is 792 Å². The Morgan fingerprint density at radius 2 is 0.416 bits per heavy atom. The molecule has 7 aromatic heterocycles. The molecule has 0 saturated carbocycles. The Bertz CT molecular complexity index is 9530. The summed E-state index contributed by atoms with van der Waals surface area (Å²) in [7, 11) is 0. The van der Waals surface area contributed by atoms with E-state index in [9.17, 15) is 0 Å². The Balaban J connectivity index is 0.0000000973. The highest BCUT2D eigenvalue weighted by molar-refractivity contribution is 6.19. The zero-order valence-corrected chi connectivity index (χ0v) is 76.2. The summed E-state index contributed by atoms with van der Waals surface area (Å²) in [4.78, 5) is 0. The maximum Gasteiger partial charge on any atom is 0.143 e. The van der Waals surface area contributed by atoms with Gasteiger partial charge in [0.15, 0.2) is 0 Å². The highest BCUT2D eigenvalue weighted by Gasteiger charge is 2.23. The van der Waals surface area contributed by atoms with Gasteiger partial charge in [0.2, 0.25) is 0 Å². The molecule has 0 fully saturated rings. The van der Waals surface area contributed by atoms with Crippen molar-refractivity contribution in [3.63, 3.8) is 0 Å². The molecule has 137 heavy (non-hydrogen) atoms. The lowest BCUT2D eigenvalue weighted by Gasteiger charge is -2.09. The van der Waals surface area contributed by atoms with Crippen molar-refractivity contribution >= 4 is 153 Å². The van der Waals surface area contributed by atoms with Gasteiger partial charge in [-0.1, -0.05) is 326 Å². The second-order valence-electron chi connectivity index (χ2n) is 36.1. The smallest absolute Gasteiger partial charge is 0.143 e. The molecule has 0 atom stereocenters. The number of benzene rings is 21. The standard InChI is InChI=1S/C37H26N2.2C31H21NO.C31H23N/c1-25-15-19-29(20-16-25)39-35-14-8-6-12-31(35)33-24-27(18-22-37(33)39)26-17-21-36-32(23-26)30-11-5-7-13-34(30)38(36)28-9-3-2-4-10-28;1-20-13-16-22(17-14-20)32-28-11-4-2-7-24(28)27-19-21(15-18-29(27)32)23-9-6-10-26-25-8-3-5-12-30(25)33-31(23)26;1-20-10-14-23(15-11-20)32-28-8-4-2-6-24(28)26-18-21(12-16-29(26)32)22-13-17-31-27(19-22)25-7-3-5-9-30(25)33-31;1-22-15-18-26(19-16-22)32-29-20-17-25(23-9-4-2-5-10-23)21-28(29)31-27(13-8-14-30(31)32)24-11-6-3-7-12-24/h2-24H,1H3;2*2-19H,1H3;2-21H,1H3. The highest BCUT2D eigenvalue weighted by atomic mass is 16.3. The predicted octanol–water partition coefficient (Wildman–Crippen LogP) is 35.6. The summed E-state index contributed by atoms with van der Waals surface area (Å²) >= 11 is 0. The predicted molar refractivity (Wildman–Crippen MR) is 578 cm³/mol. The number of rotatable bonds is 10. The van der Waals surface area contributed by atoms with E-state index in [0.717, 1.165) is 49.4 Å². The van der Waals surface area contributed by atoms with Gasteiger partial charge in [-0.15, -0.1) is 0 Å². The molecule has 0 spiro atoms. The van der Waals surface area contributed by atoms with Gasteiger partial charge in [-0.3, -0.25) is 0 Å². The van der Waals surface area contributed by atoms with Gasteiger partial charge >= 0.3 is 0 Å². The van der Waals surface area contributed by atoms with Gasteiger partial charge in [0.25, 0.3) is 0 Å². The molecule has 21 aromatic carbocycles. The van der Waals surface area contributed by atoms with Gasteiger partial charge < -0.3 is 31.7 Å². The van der Waals surface area contributed by atoms with Crippen molar-refractivity contribution in [1.82, 2.24) is 22.8 Å². The number of furan rings is 2. The third-order valence-electron chi connectivity index (χ3n) is 27.6. The first kappa shape index (κ1) is 81.2. The first-order chi connectivity index (χ1) is 67.6. The molecule has 0 N–H and O–H groups in total. The molecule has 7 nitrogen and oxygen atoms in total. The average molecular weight is 1760 g/mol. The molecule has 0 unspecified atom stereocenters. The lowest BCUT2D eigenvalue weighted by atomic mass is 9.97. The molecule has 0 aliphatic rings. The number of fused-ring (bicyclic) bond motifs is 21. The van der Waals surface area contributed by atoms with Crippen LogP contribution < -0.4 is 0 Å². The van der Waals surface area contributed by atoms with Gasteiger partial charge in [-0.25, -0.2) is 0 Å². The van der Waals surface area contributed by atoms with Crippen molar-refractivity contribution in [2.75, 3.05) is 0 Å². The molecular formula is C130H91N5O2. The molecule has 648 valence electrons. The van der Waals surface area contributed by atoms with Crippen LogP contribution in [-0.2, 0) is 0 Å². The minimum atomic E-state index is 0.928. The van der Waals surface area contributed by atoms with Crippen LogP contribution in [-0.4, -0.2) is 22.8 Å². The number of hydrogen-bond acceptors (Lipinski definition) is 2. The third kappa shape index (κ3) is 14.3. The van der Waals surface area contributed by atoms with Gasteiger partial charge in [0, 0.05) is 109 Å². The fourth-order valence-corrected chi connectivity index (χ4v) is 21.0. The monoisotopic (exact) mass is 1750 g/mol. The number of nitrogens with zero attached hydrogens (tertiary/aromatic N) is 5. The Morgan fingerprint density at radius 3 is 0.854 bits per heavy atom. The van der Waals surface area contributed by atoms with E-state index in [1.165, 1.54) is 210 Å². The molecule has 7 heterocycles. The molecule has 0 bridgehead atoms. The summed E-state index contributed by atoms with van der Waals surface area (Å²) in [5.74, 6) is 0. The van der Waals surface area contributed by atoms with E-state index in [4.69, 9.17) is 8.83 Å². The molecular weight excluding hydrogens is 1660 g/mol. The number of hydrogen-bond donors (Lipinski definition) is 0. The molecule has 28 aromatic rings. The van der Waals surface area contributed by atoms with Crippen molar-refractivity contribution in [1.29, 1.82) is 0 Å². The van der Waals surface area contributed by atoms with E-state index < -0.39 is 0 Å². The van der Waals surface area contributed by atoms with Crippen molar-refractivity contribution in [2.24, 2.45) is 0 Å². The largest absolute Gasteiger partial charge is 0.456 e. The summed E-state index contributed by atoms with van der Waals surface area (Å²) in [6.07, 6.45) is 0. The highest BCUT2D eigenvalue weighted by Crippen LogP contribution is 2.46. The first-order valence-electron chi connectivity index (χ1n) is 47.1. The third-order valence-corrected chi connectivity index (χ3v) is 27.6. The fraction of sp³-hybridized carbons (Fsp3) is 0.0308. The van der Waals surface area contributed by atoms with E-state index >= 15 is 0 Å². The second kappa shape index (κ2) is 33.8. The summed E-state index contributed by atoms with van der Waals surface area (Å²) in [5, 5.41) is 17.3. The molecule has 0 aliphatic carbocycles. The zero-order chi connectivity index (χ0) is 91.3. The fourth-order valence-electron chi connectivity index (χ4n) is 21.0. The summed E-state index contributed by atoms with van der Waals surface area (Å²) in [5.41, 5.74) is 39.1. The lowest BCUT2D eigenvalue weighted by molar-refractivity contribution is 0.669. The molecule has 7 heteroatoms. The quantitative estimate of drug-likeness (QED) is 0.137. The van der Waals surface area contributed by atoms with Gasteiger partial charge in [-0.2, -0.15) is 0 Å². The normalized spacial score (nSPS) is 11.6. The minimum absolute atomic E-state index is 0.928. The SMILES string of the molecule is Cc1ccc(-n2c3ccc(-c4ccccc4)cc3c3c(-c4ccccc4)cccc32)cc1.Cc1ccc(-n2c3ccccc3c3cc(-c4ccc5c(c4)c4ccccc4n5-c4ccccc4)ccc32)cc1.Cc1ccc(-n2c3ccccc3c3cc(-c4ccc5oc6ccccc6c5c4)ccc32)cc1.Cc1ccc(-n2c3ccccc3c3cc(-c4cccc5c4oc4ccccc45)ccc32)cc1. The van der Waals surface area contributed by atoms with Crippen LogP contribution in [0.2, 0.25) is 0 Å². The summed E-state index contributed by atoms with van der Waals surface area (Å²) < 4.78 is 24.2. The second-order valence-corrected chi connectivity index (χ2v) is 36.1. The average Bonchev–Trinajstić information content (AvgIpc) is 1.58. The molecule has 0 aliphatic heterocycles. The maximum atomic E-state index is 6.32. The summed E-state index contributed by atoms with van der Waals surface area (Å²) in [6.45, 7) is 8.52. The maximum absolute atomic E-state index is 6.32. The van der Waals surface area contributed by atoms with Crippen molar-refractivity contribution in [3.05, 3.63) is 501 Å². The van der Waals surface area contributed by atoms with Gasteiger partial charge in [0.1, 0.15) is 22.3 Å². The molecule has 0 radical (unpaired) electrons. The Kier molecular flexibility index (Phi) is 20.0. The van der Waals surface area contributed by atoms with Crippen LogP contribution >= 0.6 is 0 Å². The van der Waals surface area contributed by atoms with E-state index in [2.05, 4.69) is 506 Å². The van der Waals surface area contributed by atoms with Crippen LogP contribution in [0.3, 0.4) is 0 Å². The van der Waals surface area contributed by atoms with E-state index in [-0.39, 0.29) is 0 Å². The number of para-hydroxylation sites is 8. The molecule has 28 rings (SSSR count). The van der Waals surface area contributed by atoms with Crippen LogP contribution in [0, 0.1) is 27.7 Å². The Morgan fingerprint density at radius 1 is 0.146 bits per heavy atom. The topological polar surface area (TPSA) is 50.9 Å². The first-order valence-corrected chi connectivity index (χ1v) is 47.1. The van der Waals surface area contributed by atoms with Gasteiger partial charge in [0.05, 0.1) is 55.2 Å². The van der Waals surface area contributed by atoms with Crippen molar-refractivity contribution < 1.29 is 8.83 Å². The van der Waals surface area contributed by atoms with Crippen LogP contribution in [0.1, 0.15) is 22.3 Å². The van der Waals surface area contributed by atoms with E-state index in [0.29, 0.717) is 0 Å². The van der Waals surface area contributed by atoms with Crippen LogP contribution in [0.4, 0.5) is 0 Å². The molecule has 0 saturated heterocycles. The number of aryl methyl sites for hydroxylation is 4. The molecule has 0 amide bonds. The lowest BCUT2D eigenvalue weighted by Crippen LogP contribution is -1.93. The Hall–Kier alpha value is -17.8. The van der Waals surface area contributed by atoms with Crippen LogP contribution in [0.25, 0.3) is 237 Å². The van der Waals surface area contributed by atoms with Gasteiger partial charge in [-0.05, 0) is 254 Å². The van der Waals surface area contributed by atoms with Crippen LogP contribution in [0.5, 0.6) is 0 Å².